The standard InChI is InChI=1S/C9H16ClNO2/c10-5-2-1-3-9(12)11-8-4-6-13-7-8/h8H,1-7H2,(H,11,12). The van der Waals surface area contributed by atoms with E-state index in [2.05, 4.69) is 5.32 Å². The second-order valence-corrected chi connectivity index (χ2v) is 3.65. The minimum Gasteiger partial charge on any atom is -0.379 e. The topological polar surface area (TPSA) is 38.3 Å². The van der Waals surface area contributed by atoms with E-state index in [-0.39, 0.29) is 11.9 Å². The van der Waals surface area contributed by atoms with E-state index in [1.54, 1.807) is 0 Å². The molecule has 13 heavy (non-hydrogen) atoms. The molecular weight excluding hydrogens is 190 g/mol. The van der Waals surface area contributed by atoms with Crippen LogP contribution >= 0.6 is 11.6 Å². The molecule has 1 unspecified atom stereocenters. The Balaban J connectivity index is 2.02. The zero-order valence-electron chi connectivity index (χ0n) is 7.72. The van der Waals surface area contributed by atoms with Gasteiger partial charge >= 0.3 is 0 Å². The molecule has 0 bridgehead atoms. The fourth-order valence-electron chi connectivity index (χ4n) is 1.33. The maximum Gasteiger partial charge on any atom is 0.220 e. The Bertz CT molecular complexity index is 158. The van der Waals surface area contributed by atoms with E-state index in [1.165, 1.54) is 0 Å². The summed E-state index contributed by atoms with van der Waals surface area (Å²) in [6.45, 7) is 1.44. The first kappa shape index (κ1) is 10.8. The summed E-state index contributed by atoms with van der Waals surface area (Å²) < 4.78 is 5.15. The van der Waals surface area contributed by atoms with Crippen molar-refractivity contribution < 1.29 is 9.53 Å². The Morgan fingerprint density at radius 2 is 2.38 bits per heavy atom. The highest BCUT2D eigenvalue weighted by atomic mass is 35.5. The number of ether oxygens (including phenoxy) is 1. The highest BCUT2D eigenvalue weighted by molar-refractivity contribution is 6.17. The maximum absolute atomic E-state index is 11.3. The van der Waals surface area contributed by atoms with E-state index in [9.17, 15) is 4.79 Å². The van der Waals surface area contributed by atoms with Gasteiger partial charge in [-0.15, -0.1) is 11.6 Å². The lowest BCUT2D eigenvalue weighted by atomic mass is 10.2. The summed E-state index contributed by atoms with van der Waals surface area (Å²) in [6, 6.07) is 0.239. The monoisotopic (exact) mass is 205 g/mol. The second-order valence-electron chi connectivity index (χ2n) is 3.27. The first-order valence-corrected chi connectivity index (χ1v) is 5.29. The predicted octanol–water partition coefficient (Wildman–Crippen LogP) is 1.30. The molecule has 76 valence electrons. The number of alkyl halides is 1. The van der Waals surface area contributed by atoms with Crippen molar-refractivity contribution in [1.82, 2.24) is 5.32 Å². The van der Waals surface area contributed by atoms with Gasteiger partial charge in [-0.25, -0.2) is 0 Å². The predicted molar refractivity (Wildman–Crippen MR) is 51.9 cm³/mol. The average molecular weight is 206 g/mol. The van der Waals surface area contributed by atoms with E-state index in [0.29, 0.717) is 18.9 Å². The molecule has 1 rings (SSSR count). The molecule has 1 heterocycles. The van der Waals surface area contributed by atoms with Gasteiger partial charge in [-0.3, -0.25) is 4.79 Å². The molecule has 0 aromatic rings. The largest absolute Gasteiger partial charge is 0.379 e. The summed E-state index contributed by atoms with van der Waals surface area (Å²) in [6.07, 6.45) is 3.32. The molecule has 1 fully saturated rings. The van der Waals surface area contributed by atoms with Gasteiger partial charge in [0.2, 0.25) is 5.91 Å². The number of amides is 1. The highest BCUT2D eigenvalue weighted by Crippen LogP contribution is 2.04. The fraction of sp³-hybridized carbons (Fsp3) is 0.889. The Hall–Kier alpha value is -0.280. The SMILES string of the molecule is O=C(CCCCCl)NC1CCOC1. The van der Waals surface area contributed by atoms with Gasteiger partial charge in [-0.05, 0) is 19.3 Å². The number of carbonyl (C=O) groups is 1. The molecule has 1 amide bonds. The fourth-order valence-corrected chi connectivity index (χ4v) is 1.52. The molecule has 0 saturated carbocycles. The lowest BCUT2D eigenvalue weighted by Crippen LogP contribution is -2.34. The van der Waals surface area contributed by atoms with Gasteiger partial charge in [0.15, 0.2) is 0 Å². The first-order chi connectivity index (χ1) is 6.33. The summed E-state index contributed by atoms with van der Waals surface area (Å²) in [5.41, 5.74) is 0. The van der Waals surface area contributed by atoms with Gasteiger partial charge in [0.25, 0.3) is 0 Å². The minimum atomic E-state index is 0.126. The van der Waals surface area contributed by atoms with Crippen molar-refractivity contribution in [3.05, 3.63) is 0 Å². The summed E-state index contributed by atoms with van der Waals surface area (Å²) in [5.74, 6) is 0.764. The molecule has 1 aliphatic rings. The number of unbranched alkanes of at least 4 members (excludes halogenated alkanes) is 1. The first-order valence-electron chi connectivity index (χ1n) is 4.76. The average Bonchev–Trinajstić information content (AvgIpc) is 2.57. The van der Waals surface area contributed by atoms with Crippen molar-refractivity contribution in [3.63, 3.8) is 0 Å². The van der Waals surface area contributed by atoms with E-state index in [0.717, 1.165) is 25.9 Å². The van der Waals surface area contributed by atoms with Crippen LogP contribution in [0, 0.1) is 0 Å². The van der Waals surface area contributed by atoms with Crippen LogP contribution in [0.3, 0.4) is 0 Å². The van der Waals surface area contributed by atoms with E-state index >= 15 is 0 Å². The van der Waals surface area contributed by atoms with E-state index in [4.69, 9.17) is 16.3 Å². The number of carbonyl (C=O) groups excluding carboxylic acids is 1. The normalized spacial score (nSPS) is 21.8. The van der Waals surface area contributed by atoms with Gasteiger partial charge in [-0.1, -0.05) is 0 Å². The maximum atomic E-state index is 11.3. The van der Waals surface area contributed by atoms with Crippen molar-refractivity contribution in [1.29, 1.82) is 0 Å². The Morgan fingerprint density at radius 3 is 3.00 bits per heavy atom. The lowest BCUT2D eigenvalue weighted by Gasteiger charge is -2.09. The number of halogens is 1. The van der Waals surface area contributed by atoms with Crippen LogP contribution in [0.1, 0.15) is 25.7 Å². The number of nitrogens with one attached hydrogen (secondary N) is 1. The molecule has 1 N–H and O–H groups in total. The molecule has 0 aliphatic carbocycles. The van der Waals surface area contributed by atoms with E-state index < -0.39 is 0 Å². The number of hydrogen-bond acceptors (Lipinski definition) is 2. The van der Waals surface area contributed by atoms with Crippen LogP contribution in [0.5, 0.6) is 0 Å². The van der Waals surface area contributed by atoms with Gasteiger partial charge in [-0.2, -0.15) is 0 Å². The quantitative estimate of drug-likeness (QED) is 0.543. The Morgan fingerprint density at radius 1 is 1.54 bits per heavy atom. The third-order valence-electron chi connectivity index (χ3n) is 2.08. The molecule has 1 aliphatic heterocycles. The van der Waals surface area contributed by atoms with Crippen LogP contribution in [0.2, 0.25) is 0 Å². The molecule has 0 aromatic heterocycles. The molecular formula is C9H16ClNO2. The van der Waals surface area contributed by atoms with E-state index in [1.807, 2.05) is 0 Å². The summed E-state index contributed by atoms with van der Waals surface area (Å²) in [5, 5.41) is 2.93. The molecule has 1 atom stereocenters. The van der Waals surface area contributed by atoms with Crippen LogP contribution in [-0.4, -0.2) is 31.0 Å². The minimum absolute atomic E-state index is 0.126. The van der Waals surface area contributed by atoms with Crippen LogP contribution in [-0.2, 0) is 9.53 Å². The van der Waals surface area contributed by atoms with Crippen LogP contribution in [0.15, 0.2) is 0 Å². The molecule has 4 heteroatoms. The van der Waals surface area contributed by atoms with Crippen molar-refractivity contribution in [2.45, 2.75) is 31.7 Å². The van der Waals surface area contributed by atoms with Gasteiger partial charge in [0, 0.05) is 18.9 Å². The van der Waals surface area contributed by atoms with Gasteiger partial charge in [0.1, 0.15) is 0 Å². The molecule has 1 saturated heterocycles. The van der Waals surface area contributed by atoms with Gasteiger partial charge < -0.3 is 10.1 Å². The third kappa shape index (κ3) is 4.48. The molecule has 0 radical (unpaired) electrons. The van der Waals surface area contributed by atoms with Gasteiger partial charge in [0.05, 0.1) is 12.6 Å². The summed E-state index contributed by atoms with van der Waals surface area (Å²) in [4.78, 5) is 11.3. The second kappa shape index (κ2) is 6.22. The van der Waals surface area contributed by atoms with Crippen LogP contribution < -0.4 is 5.32 Å². The Kier molecular flexibility index (Phi) is 5.16. The summed E-state index contributed by atoms with van der Waals surface area (Å²) >= 11 is 5.50. The summed E-state index contributed by atoms with van der Waals surface area (Å²) in [7, 11) is 0. The lowest BCUT2D eigenvalue weighted by molar-refractivity contribution is -0.121. The third-order valence-corrected chi connectivity index (χ3v) is 2.35. The smallest absolute Gasteiger partial charge is 0.220 e. The van der Waals surface area contributed by atoms with Crippen molar-refractivity contribution >= 4 is 17.5 Å². The highest BCUT2D eigenvalue weighted by Gasteiger charge is 2.16. The van der Waals surface area contributed by atoms with Crippen LogP contribution in [0.4, 0.5) is 0 Å². The van der Waals surface area contributed by atoms with Crippen molar-refractivity contribution in [2.75, 3.05) is 19.1 Å². The Labute approximate surface area is 83.8 Å². The zero-order chi connectivity index (χ0) is 9.52. The number of hydrogen-bond donors (Lipinski definition) is 1. The number of rotatable bonds is 5. The zero-order valence-corrected chi connectivity index (χ0v) is 8.48. The van der Waals surface area contributed by atoms with Crippen molar-refractivity contribution in [2.24, 2.45) is 0 Å². The van der Waals surface area contributed by atoms with Crippen molar-refractivity contribution in [3.8, 4) is 0 Å². The molecule has 0 aromatic carbocycles. The van der Waals surface area contributed by atoms with Crippen LogP contribution in [0.25, 0.3) is 0 Å². The molecule has 3 nitrogen and oxygen atoms in total. The molecule has 0 spiro atoms.